The molecule has 4 aromatic rings. The van der Waals surface area contributed by atoms with E-state index in [1.807, 2.05) is 30.0 Å². The second kappa shape index (κ2) is 14.0. The Kier molecular flexibility index (Phi) is 9.65. The van der Waals surface area contributed by atoms with Crippen LogP contribution < -0.4 is 16.2 Å². The zero-order chi connectivity index (χ0) is 32.2. The zero-order valence-corrected chi connectivity index (χ0v) is 27.5. The quantitative estimate of drug-likeness (QED) is 0.211. The maximum Gasteiger partial charge on any atom is 0.274 e. The van der Waals surface area contributed by atoms with E-state index in [1.54, 1.807) is 56.1 Å². The monoisotopic (exact) mass is 639 g/mol. The molecular formula is C36H41N5O4S. The van der Waals surface area contributed by atoms with Gasteiger partial charge in [0.05, 0.1) is 10.4 Å². The third kappa shape index (κ3) is 6.93. The Morgan fingerprint density at radius 2 is 1.85 bits per heavy atom. The molecule has 4 heterocycles. The molecule has 0 unspecified atom stereocenters. The first-order valence-electron chi connectivity index (χ1n) is 16.1. The molecule has 1 aliphatic heterocycles. The van der Waals surface area contributed by atoms with Crippen LogP contribution in [-0.4, -0.2) is 53.1 Å². The van der Waals surface area contributed by atoms with Crippen molar-refractivity contribution in [2.75, 3.05) is 37.4 Å². The molecule has 6 rings (SSSR count). The molecule has 1 aliphatic carbocycles. The number of hydrogen-bond donors (Lipinski definition) is 2. The molecule has 0 atom stereocenters. The normalized spacial score (nSPS) is 15.2. The van der Waals surface area contributed by atoms with Gasteiger partial charge in [0.25, 0.3) is 17.4 Å². The lowest BCUT2D eigenvalue weighted by molar-refractivity contribution is 0.0613. The van der Waals surface area contributed by atoms with Gasteiger partial charge in [-0.3, -0.25) is 14.4 Å². The minimum Gasteiger partial charge on any atom is -0.384 e. The average molecular weight is 640 g/mol. The van der Waals surface area contributed by atoms with Gasteiger partial charge in [0.15, 0.2) is 0 Å². The first kappa shape index (κ1) is 31.7. The predicted octanol–water partition coefficient (Wildman–Crippen LogP) is 6.58. The minimum absolute atomic E-state index is 0.0376. The Morgan fingerprint density at radius 1 is 1.04 bits per heavy atom. The number of likely N-dealkylation sites (tertiary alicyclic amines) is 1. The summed E-state index contributed by atoms with van der Waals surface area (Å²) < 4.78 is 6.80. The molecule has 0 saturated carbocycles. The first-order valence-corrected chi connectivity index (χ1v) is 16.9. The Morgan fingerprint density at radius 3 is 2.61 bits per heavy atom. The second-order valence-electron chi connectivity index (χ2n) is 12.4. The number of amides is 2. The van der Waals surface area contributed by atoms with Crippen molar-refractivity contribution in [1.29, 1.82) is 0 Å². The van der Waals surface area contributed by atoms with E-state index in [1.165, 1.54) is 34.3 Å². The molecule has 2 aliphatic rings. The van der Waals surface area contributed by atoms with Crippen LogP contribution in [0.1, 0.15) is 68.1 Å². The van der Waals surface area contributed by atoms with Crippen LogP contribution >= 0.6 is 11.3 Å². The highest BCUT2D eigenvalue weighted by atomic mass is 32.1. The molecule has 10 heteroatoms. The van der Waals surface area contributed by atoms with Crippen LogP contribution in [0.5, 0.6) is 0 Å². The number of hydrogen-bond acceptors (Lipinski definition) is 7. The molecular weight excluding hydrogens is 598 g/mol. The van der Waals surface area contributed by atoms with Crippen molar-refractivity contribution in [2.24, 2.45) is 13.0 Å². The minimum atomic E-state index is -0.204. The zero-order valence-electron chi connectivity index (χ0n) is 26.7. The second-order valence-corrected chi connectivity index (χ2v) is 13.5. The number of aryl methyl sites for hydroxylation is 3. The Hall–Kier alpha value is -4.28. The predicted molar refractivity (Wildman–Crippen MR) is 183 cm³/mol. The summed E-state index contributed by atoms with van der Waals surface area (Å²) >= 11 is 1.61. The van der Waals surface area contributed by atoms with Gasteiger partial charge in [0.1, 0.15) is 11.5 Å². The van der Waals surface area contributed by atoms with Crippen LogP contribution in [0.4, 0.5) is 17.2 Å². The number of anilines is 3. The Balaban J connectivity index is 1.17. The summed E-state index contributed by atoms with van der Waals surface area (Å²) in [5, 5.41) is 6.28. The molecule has 46 heavy (non-hydrogen) atoms. The first-order chi connectivity index (χ1) is 22.3. The van der Waals surface area contributed by atoms with Crippen LogP contribution in [0, 0.1) is 12.8 Å². The number of carbonyl (C=O) groups is 2. The number of thiophene rings is 1. The van der Waals surface area contributed by atoms with E-state index < -0.39 is 0 Å². The van der Waals surface area contributed by atoms with Crippen LogP contribution in [0.25, 0.3) is 11.1 Å². The van der Waals surface area contributed by atoms with Gasteiger partial charge in [0.2, 0.25) is 0 Å². The van der Waals surface area contributed by atoms with Crippen molar-refractivity contribution < 1.29 is 14.3 Å². The van der Waals surface area contributed by atoms with Crippen molar-refractivity contribution in [3.63, 3.8) is 0 Å². The van der Waals surface area contributed by atoms with Crippen molar-refractivity contribution in [3.8, 4) is 11.1 Å². The van der Waals surface area contributed by atoms with Gasteiger partial charge >= 0.3 is 0 Å². The topological polar surface area (TPSA) is 106 Å². The van der Waals surface area contributed by atoms with Gasteiger partial charge in [-0.1, -0.05) is 18.6 Å². The van der Waals surface area contributed by atoms with Gasteiger partial charge < -0.3 is 24.8 Å². The van der Waals surface area contributed by atoms with Gasteiger partial charge in [-0.15, -0.1) is 11.3 Å². The molecule has 0 spiro atoms. The van der Waals surface area contributed by atoms with E-state index in [-0.39, 0.29) is 17.4 Å². The SMILES string of the molecule is COCC1CCN(C(=O)c2ccc(Nc3cc(-c4cccc(NC(=O)c5cc6c(s5)CCCCC6)c4C)cn(C)c3=O)nc2)CC1. The molecule has 1 fully saturated rings. The molecule has 1 saturated heterocycles. The number of methoxy groups -OCH3 is 1. The highest BCUT2D eigenvalue weighted by Crippen LogP contribution is 2.32. The number of piperidine rings is 1. The Bertz CT molecular complexity index is 1760. The molecule has 2 amide bonds. The molecule has 240 valence electrons. The largest absolute Gasteiger partial charge is 0.384 e. The number of pyridine rings is 2. The molecule has 3 aromatic heterocycles. The smallest absolute Gasteiger partial charge is 0.274 e. The van der Waals surface area contributed by atoms with E-state index in [4.69, 9.17) is 4.74 Å². The van der Waals surface area contributed by atoms with Crippen molar-refractivity contribution in [3.05, 3.63) is 91.7 Å². The van der Waals surface area contributed by atoms with Crippen molar-refractivity contribution >= 4 is 40.3 Å². The fourth-order valence-electron chi connectivity index (χ4n) is 6.45. The van der Waals surface area contributed by atoms with Crippen LogP contribution in [0.3, 0.4) is 0 Å². The number of nitrogens with zero attached hydrogens (tertiary/aromatic N) is 3. The number of ether oxygens (including phenoxy) is 1. The summed E-state index contributed by atoms with van der Waals surface area (Å²) in [7, 11) is 3.42. The third-order valence-corrected chi connectivity index (χ3v) is 10.4. The number of benzene rings is 1. The van der Waals surface area contributed by atoms with E-state index in [9.17, 15) is 14.4 Å². The number of nitrogens with one attached hydrogen (secondary N) is 2. The lowest BCUT2D eigenvalue weighted by Gasteiger charge is -2.31. The summed E-state index contributed by atoms with van der Waals surface area (Å²) in [5.41, 5.74) is 5.36. The highest BCUT2D eigenvalue weighted by Gasteiger charge is 2.24. The number of aromatic nitrogens is 2. The van der Waals surface area contributed by atoms with Gasteiger partial charge in [-0.2, -0.15) is 0 Å². The van der Waals surface area contributed by atoms with Gasteiger partial charge in [-0.05, 0) is 98.4 Å². The summed E-state index contributed by atoms with van der Waals surface area (Å²) in [5.74, 6) is 0.828. The molecule has 0 bridgehead atoms. The van der Waals surface area contributed by atoms with Gasteiger partial charge in [0, 0.05) is 62.4 Å². The maximum absolute atomic E-state index is 13.3. The molecule has 0 radical (unpaired) electrons. The lowest BCUT2D eigenvalue weighted by atomic mass is 9.97. The van der Waals surface area contributed by atoms with Crippen LogP contribution in [0.2, 0.25) is 0 Å². The summed E-state index contributed by atoms with van der Waals surface area (Å²) in [6, 6.07) is 13.1. The van der Waals surface area contributed by atoms with E-state index in [2.05, 4.69) is 21.7 Å². The average Bonchev–Trinajstić information content (AvgIpc) is 3.35. The number of fused-ring (bicyclic) bond motifs is 1. The molecule has 2 N–H and O–H groups in total. The van der Waals surface area contributed by atoms with E-state index in [0.29, 0.717) is 36.1 Å². The third-order valence-electron chi connectivity index (χ3n) is 9.12. The summed E-state index contributed by atoms with van der Waals surface area (Å²) in [6.45, 7) is 4.11. The van der Waals surface area contributed by atoms with E-state index in [0.717, 1.165) is 59.5 Å². The standard InChI is InChI=1S/C36H41N5O4S/c1-23-28(9-7-10-29(23)39-34(42)32-19-25-8-5-4-6-11-31(25)46-32)27-18-30(36(44)40(2)21-27)38-33-13-12-26(20-37-33)35(43)41-16-14-24(15-17-41)22-45-3/h7,9-10,12-13,18-21,24H,4-6,8,11,14-17,22H2,1-3H3,(H,37,38)(H,39,42). The highest BCUT2D eigenvalue weighted by molar-refractivity contribution is 7.14. The fraction of sp³-hybridized carbons (Fsp3) is 0.389. The summed E-state index contributed by atoms with van der Waals surface area (Å²) in [6.07, 6.45) is 10.9. The summed E-state index contributed by atoms with van der Waals surface area (Å²) in [4.78, 5) is 47.9. The van der Waals surface area contributed by atoms with Crippen LogP contribution in [0.15, 0.2) is 59.7 Å². The lowest BCUT2D eigenvalue weighted by Crippen LogP contribution is -2.39. The maximum atomic E-state index is 13.3. The van der Waals surface area contributed by atoms with Gasteiger partial charge in [-0.25, -0.2) is 4.98 Å². The molecule has 1 aromatic carbocycles. The Labute approximate surface area is 273 Å². The number of carbonyl (C=O) groups excluding carboxylic acids is 2. The molecule has 9 nitrogen and oxygen atoms in total. The van der Waals surface area contributed by atoms with Crippen LogP contribution in [-0.2, 0) is 24.6 Å². The van der Waals surface area contributed by atoms with Crippen molar-refractivity contribution in [1.82, 2.24) is 14.5 Å². The number of rotatable bonds is 8. The fourth-order valence-corrected chi connectivity index (χ4v) is 7.60. The van der Waals surface area contributed by atoms with Crippen molar-refractivity contribution in [2.45, 2.75) is 51.9 Å². The van der Waals surface area contributed by atoms with E-state index >= 15 is 0 Å².